The zero-order valence-corrected chi connectivity index (χ0v) is 10.7. The van der Waals surface area contributed by atoms with E-state index in [0.717, 1.165) is 11.6 Å². The number of nitrogens with one attached hydrogen (secondary N) is 1. The van der Waals surface area contributed by atoms with E-state index in [4.69, 9.17) is 0 Å². The lowest BCUT2D eigenvalue weighted by atomic mass is 10.1. The maximum absolute atomic E-state index is 13.9. The Bertz CT molecular complexity index is 660. The van der Waals surface area contributed by atoms with Crippen molar-refractivity contribution in [2.45, 2.75) is 13.5 Å². The average Bonchev–Trinajstić information content (AvgIpc) is 2.41. The number of halogens is 2. The summed E-state index contributed by atoms with van der Waals surface area (Å²) in [6, 6.07) is 8.19. The van der Waals surface area contributed by atoms with E-state index in [9.17, 15) is 18.9 Å². The highest BCUT2D eigenvalue weighted by atomic mass is 19.1. The smallest absolute Gasteiger partial charge is 0.305 e. The van der Waals surface area contributed by atoms with E-state index in [2.05, 4.69) is 5.32 Å². The van der Waals surface area contributed by atoms with Crippen molar-refractivity contribution in [1.82, 2.24) is 0 Å². The van der Waals surface area contributed by atoms with E-state index in [1.54, 1.807) is 13.0 Å². The molecule has 2 aromatic carbocycles. The Kier molecular flexibility index (Phi) is 3.93. The van der Waals surface area contributed by atoms with E-state index in [1.807, 2.05) is 0 Å². The standard InChI is InChI=1S/C14H12F2N2O2/c1-9-5-6-11(15)7-12(9)17-8-10-3-2-4-13(14(10)16)18(19)20/h2-7,17H,8H2,1H3. The molecule has 0 saturated carbocycles. The van der Waals surface area contributed by atoms with Gasteiger partial charge < -0.3 is 5.32 Å². The molecule has 20 heavy (non-hydrogen) atoms. The van der Waals surface area contributed by atoms with Crippen LogP contribution in [0.4, 0.5) is 20.2 Å². The molecule has 0 aromatic heterocycles. The number of nitro groups is 1. The van der Waals surface area contributed by atoms with Crippen LogP contribution in [0.1, 0.15) is 11.1 Å². The fourth-order valence-corrected chi connectivity index (χ4v) is 1.82. The van der Waals surface area contributed by atoms with E-state index >= 15 is 0 Å². The molecule has 0 bridgehead atoms. The molecule has 0 amide bonds. The van der Waals surface area contributed by atoms with Crippen molar-refractivity contribution in [3.8, 4) is 0 Å². The van der Waals surface area contributed by atoms with Crippen LogP contribution in [-0.4, -0.2) is 4.92 Å². The van der Waals surface area contributed by atoms with Gasteiger partial charge in [-0.25, -0.2) is 4.39 Å². The largest absolute Gasteiger partial charge is 0.381 e. The molecule has 0 aliphatic heterocycles. The first-order valence-corrected chi connectivity index (χ1v) is 5.91. The number of hydrogen-bond acceptors (Lipinski definition) is 3. The van der Waals surface area contributed by atoms with Crippen LogP contribution in [0.15, 0.2) is 36.4 Å². The molecular weight excluding hydrogens is 266 g/mol. The second-order valence-electron chi connectivity index (χ2n) is 4.32. The molecule has 4 nitrogen and oxygen atoms in total. The van der Waals surface area contributed by atoms with Gasteiger partial charge in [0.05, 0.1) is 4.92 Å². The van der Waals surface area contributed by atoms with E-state index in [1.165, 1.54) is 24.3 Å². The lowest BCUT2D eigenvalue weighted by Crippen LogP contribution is -2.05. The number of anilines is 1. The molecule has 104 valence electrons. The summed E-state index contributed by atoms with van der Waals surface area (Å²) in [4.78, 5) is 9.87. The van der Waals surface area contributed by atoms with Crippen molar-refractivity contribution in [2.75, 3.05) is 5.32 Å². The van der Waals surface area contributed by atoms with Crippen molar-refractivity contribution in [1.29, 1.82) is 0 Å². The summed E-state index contributed by atoms with van der Waals surface area (Å²) in [7, 11) is 0. The van der Waals surface area contributed by atoms with Crippen LogP contribution in [0.3, 0.4) is 0 Å². The van der Waals surface area contributed by atoms with Crippen LogP contribution in [0.2, 0.25) is 0 Å². The quantitative estimate of drug-likeness (QED) is 0.683. The number of rotatable bonds is 4. The van der Waals surface area contributed by atoms with Crippen molar-refractivity contribution in [3.05, 3.63) is 69.3 Å². The minimum absolute atomic E-state index is 0.0395. The zero-order chi connectivity index (χ0) is 14.7. The summed E-state index contributed by atoms with van der Waals surface area (Å²) in [6.45, 7) is 1.82. The Morgan fingerprint density at radius 3 is 2.70 bits per heavy atom. The predicted molar refractivity (Wildman–Crippen MR) is 71.5 cm³/mol. The normalized spacial score (nSPS) is 10.3. The third-order valence-electron chi connectivity index (χ3n) is 2.92. The fraction of sp³-hybridized carbons (Fsp3) is 0.143. The van der Waals surface area contributed by atoms with Crippen molar-refractivity contribution >= 4 is 11.4 Å². The summed E-state index contributed by atoms with van der Waals surface area (Å²) >= 11 is 0. The second-order valence-corrected chi connectivity index (χ2v) is 4.32. The molecule has 0 aliphatic rings. The summed E-state index contributed by atoms with van der Waals surface area (Å²) < 4.78 is 27.0. The van der Waals surface area contributed by atoms with Gasteiger partial charge in [0.2, 0.25) is 5.82 Å². The lowest BCUT2D eigenvalue weighted by Gasteiger charge is -2.10. The zero-order valence-electron chi connectivity index (χ0n) is 10.7. The maximum Gasteiger partial charge on any atom is 0.305 e. The molecular formula is C14H12F2N2O2. The molecule has 6 heteroatoms. The van der Waals surface area contributed by atoms with Crippen LogP contribution < -0.4 is 5.32 Å². The van der Waals surface area contributed by atoms with Crippen molar-refractivity contribution < 1.29 is 13.7 Å². The molecule has 2 rings (SSSR count). The third-order valence-corrected chi connectivity index (χ3v) is 2.92. The highest BCUT2D eigenvalue weighted by molar-refractivity contribution is 5.51. The number of nitrogens with zero attached hydrogens (tertiary/aromatic N) is 1. The van der Waals surface area contributed by atoms with Gasteiger partial charge in [0.15, 0.2) is 0 Å². The fourth-order valence-electron chi connectivity index (χ4n) is 1.82. The summed E-state index contributed by atoms with van der Waals surface area (Å²) in [5.41, 5.74) is 0.913. The molecule has 2 aromatic rings. The lowest BCUT2D eigenvalue weighted by molar-refractivity contribution is -0.387. The van der Waals surface area contributed by atoms with E-state index in [0.29, 0.717) is 5.69 Å². The topological polar surface area (TPSA) is 55.2 Å². The van der Waals surface area contributed by atoms with Gasteiger partial charge in [0.25, 0.3) is 0 Å². The summed E-state index contributed by atoms with van der Waals surface area (Å²) in [6.07, 6.45) is 0. The van der Waals surface area contributed by atoms with Crippen LogP contribution in [0, 0.1) is 28.7 Å². The van der Waals surface area contributed by atoms with Crippen LogP contribution in [-0.2, 0) is 6.54 Å². The first-order valence-electron chi connectivity index (χ1n) is 5.91. The number of hydrogen-bond donors (Lipinski definition) is 1. The Morgan fingerprint density at radius 2 is 2.00 bits per heavy atom. The van der Waals surface area contributed by atoms with Crippen LogP contribution in [0.25, 0.3) is 0 Å². The first kappa shape index (κ1) is 13.9. The van der Waals surface area contributed by atoms with Gasteiger partial charge in [0.1, 0.15) is 5.82 Å². The van der Waals surface area contributed by atoms with Crippen molar-refractivity contribution in [3.63, 3.8) is 0 Å². The Hall–Kier alpha value is -2.50. The second kappa shape index (κ2) is 5.64. The monoisotopic (exact) mass is 278 g/mol. The van der Waals surface area contributed by atoms with Gasteiger partial charge in [-0.2, -0.15) is 4.39 Å². The first-order chi connectivity index (χ1) is 9.49. The van der Waals surface area contributed by atoms with Crippen molar-refractivity contribution in [2.24, 2.45) is 0 Å². The van der Waals surface area contributed by atoms with Gasteiger partial charge in [0, 0.05) is 23.9 Å². The average molecular weight is 278 g/mol. The van der Waals surface area contributed by atoms with E-state index in [-0.39, 0.29) is 12.1 Å². The Morgan fingerprint density at radius 1 is 1.25 bits per heavy atom. The van der Waals surface area contributed by atoms with Gasteiger partial charge in [-0.3, -0.25) is 10.1 Å². The highest BCUT2D eigenvalue weighted by Gasteiger charge is 2.16. The molecule has 0 fully saturated rings. The molecule has 0 saturated heterocycles. The molecule has 0 unspecified atom stereocenters. The molecule has 0 radical (unpaired) electrons. The summed E-state index contributed by atoms with van der Waals surface area (Å²) in [5.74, 6) is -1.28. The van der Waals surface area contributed by atoms with Gasteiger partial charge in [-0.05, 0) is 24.6 Å². The predicted octanol–water partition coefficient (Wildman–Crippen LogP) is 3.79. The molecule has 0 heterocycles. The number of nitro benzene ring substituents is 1. The van der Waals surface area contributed by atoms with E-state index < -0.39 is 22.2 Å². The van der Waals surface area contributed by atoms with Gasteiger partial charge in [-0.1, -0.05) is 18.2 Å². The molecule has 1 N–H and O–H groups in total. The number of benzene rings is 2. The minimum atomic E-state index is -0.876. The summed E-state index contributed by atoms with van der Waals surface area (Å²) in [5, 5.41) is 13.5. The molecule has 0 spiro atoms. The Balaban J connectivity index is 2.21. The van der Waals surface area contributed by atoms with Crippen LogP contribution in [0.5, 0.6) is 0 Å². The van der Waals surface area contributed by atoms with Crippen LogP contribution >= 0.6 is 0 Å². The third kappa shape index (κ3) is 2.90. The van der Waals surface area contributed by atoms with Gasteiger partial charge >= 0.3 is 5.69 Å². The molecule has 0 aliphatic carbocycles. The Labute approximate surface area is 114 Å². The maximum atomic E-state index is 13.9. The minimum Gasteiger partial charge on any atom is -0.381 e. The SMILES string of the molecule is Cc1ccc(F)cc1NCc1cccc([N+](=O)[O-])c1F. The number of aryl methyl sites for hydroxylation is 1. The highest BCUT2D eigenvalue weighted by Crippen LogP contribution is 2.22. The van der Waals surface area contributed by atoms with Gasteiger partial charge in [-0.15, -0.1) is 0 Å². The molecule has 0 atom stereocenters.